The van der Waals surface area contributed by atoms with Crippen molar-refractivity contribution in [2.24, 2.45) is 5.73 Å². The number of nitrogens with two attached hydrogens (primary N) is 1. The quantitative estimate of drug-likeness (QED) is 0.772. The number of hydrogen-bond donors (Lipinski definition) is 2. The number of hydrogen-bond acceptors (Lipinski definition) is 3. The third kappa shape index (κ3) is 6.17. The van der Waals surface area contributed by atoms with E-state index in [1.54, 1.807) is 0 Å². The molecule has 0 radical (unpaired) electrons. The lowest BCUT2D eigenvalue weighted by Gasteiger charge is -2.13. The average molecular weight is 314 g/mol. The normalized spacial score (nSPS) is 12.1. The Morgan fingerprint density at radius 2 is 1.91 bits per heavy atom. The summed E-state index contributed by atoms with van der Waals surface area (Å²) in [6.45, 7) is 0. The van der Waals surface area contributed by atoms with Crippen molar-refractivity contribution in [3.05, 3.63) is 29.8 Å². The van der Waals surface area contributed by atoms with Crippen LogP contribution in [0, 0.1) is 12.3 Å². The van der Waals surface area contributed by atoms with E-state index >= 15 is 0 Å². The first kappa shape index (κ1) is 17.4. The van der Waals surface area contributed by atoms with Gasteiger partial charge in [0.25, 0.3) is 0 Å². The summed E-state index contributed by atoms with van der Waals surface area (Å²) in [4.78, 5) is 22.8. The standard InChI is InChI=1S/C14H13F3N2O3/c1-2-3-11(13(18)21)19-12(20)8-9-4-6-10(7-5-9)22-14(15,16)17/h1,4-7,11H,3,8H2,(H2,18,21)(H,19,20). The zero-order chi connectivity index (χ0) is 16.8. The number of ether oxygens (including phenoxy) is 1. The van der Waals surface area contributed by atoms with Crippen molar-refractivity contribution in [1.82, 2.24) is 5.32 Å². The van der Waals surface area contributed by atoms with Crippen molar-refractivity contribution in [1.29, 1.82) is 0 Å². The number of rotatable bonds is 6. The summed E-state index contributed by atoms with van der Waals surface area (Å²) in [7, 11) is 0. The molecule has 22 heavy (non-hydrogen) atoms. The highest BCUT2D eigenvalue weighted by molar-refractivity contribution is 5.87. The molecule has 0 saturated carbocycles. The molecule has 0 aromatic heterocycles. The van der Waals surface area contributed by atoms with Gasteiger partial charge in [-0.15, -0.1) is 25.5 Å². The van der Waals surface area contributed by atoms with E-state index in [2.05, 4.69) is 16.0 Å². The first-order valence-electron chi connectivity index (χ1n) is 6.08. The summed E-state index contributed by atoms with van der Waals surface area (Å²) < 4.78 is 39.7. The van der Waals surface area contributed by atoms with Gasteiger partial charge in [0.2, 0.25) is 11.8 Å². The van der Waals surface area contributed by atoms with Gasteiger partial charge in [0, 0.05) is 6.42 Å². The summed E-state index contributed by atoms with van der Waals surface area (Å²) in [6, 6.07) is 3.80. The van der Waals surface area contributed by atoms with E-state index in [9.17, 15) is 22.8 Å². The van der Waals surface area contributed by atoms with Gasteiger partial charge in [-0.3, -0.25) is 9.59 Å². The van der Waals surface area contributed by atoms with Gasteiger partial charge in [-0.1, -0.05) is 12.1 Å². The maximum Gasteiger partial charge on any atom is 0.573 e. The van der Waals surface area contributed by atoms with Crippen LogP contribution in [-0.4, -0.2) is 24.2 Å². The fourth-order valence-electron chi connectivity index (χ4n) is 1.58. The minimum absolute atomic E-state index is 0.0422. The smallest absolute Gasteiger partial charge is 0.406 e. The Kier molecular flexibility index (Phi) is 5.81. The Morgan fingerprint density at radius 3 is 2.36 bits per heavy atom. The molecule has 118 valence electrons. The van der Waals surface area contributed by atoms with Crippen molar-refractivity contribution < 1.29 is 27.5 Å². The van der Waals surface area contributed by atoms with Crippen molar-refractivity contribution in [2.75, 3.05) is 0 Å². The van der Waals surface area contributed by atoms with Gasteiger partial charge in [-0.2, -0.15) is 0 Å². The Balaban J connectivity index is 2.61. The van der Waals surface area contributed by atoms with Crippen LogP contribution in [0.3, 0.4) is 0 Å². The van der Waals surface area contributed by atoms with Gasteiger partial charge in [-0.05, 0) is 17.7 Å². The largest absolute Gasteiger partial charge is 0.573 e. The van der Waals surface area contributed by atoms with E-state index in [1.807, 2.05) is 0 Å². The molecule has 0 heterocycles. The Labute approximate surface area is 124 Å². The van der Waals surface area contributed by atoms with Crippen molar-refractivity contribution in [3.8, 4) is 18.1 Å². The fourth-order valence-corrected chi connectivity index (χ4v) is 1.58. The summed E-state index contributed by atoms with van der Waals surface area (Å²) in [5, 5.41) is 2.35. The van der Waals surface area contributed by atoms with Crippen molar-refractivity contribution in [2.45, 2.75) is 25.2 Å². The molecule has 0 spiro atoms. The number of carbonyl (C=O) groups excluding carboxylic acids is 2. The maximum absolute atomic E-state index is 12.0. The molecule has 0 aliphatic heterocycles. The zero-order valence-corrected chi connectivity index (χ0v) is 11.3. The molecular weight excluding hydrogens is 301 g/mol. The second-order valence-corrected chi connectivity index (χ2v) is 4.30. The summed E-state index contributed by atoms with van der Waals surface area (Å²) in [5.74, 6) is 0.531. The molecule has 0 fully saturated rings. The molecular formula is C14H13F3N2O3. The highest BCUT2D eigenvalue weighted by atomic mass is 19.4. The average Bonchev–Trinajstić information content (AvgIpc) is 2.38. The highest BCUT2D eigenvalue weighted by Crippen LogP contribution is 2.22. The molecule has 5 nitrogen and oxygen atoms in total. The Bertz CT molecular complexity index is 576. The molecule has 1 aromatic carbocycles. The van der Waals surface area contributed by atoms with Crippen LogP contribution in [-0.2, 0) is 16.0 Å². The monoisotopic (exact) mass is 314 g/mol. The molecule has 0 aliphatic rings. The van der Waals surface area contributed by atoms with Crippen LogP contribution >= 0.6 is 0 Å². The van der Waals surface area contributed by atoms with Crippen LogP contribution in [0.25, 0.3) is 0 Å². The minimum Gasteiger partial charge on any atom is -0.406 e. The van der Waals surface area contributed by atoms with E-state index in [1.165, 1.54) is 12.1 Å². The van der Waals surface area contributed by atoms with E-state index in [-0.39, 0.29) is 18.6 Å². The molecule has 2 amide bonds. The van der Waals surface area contributed by atoms with Gasteiger partial charge in [-0.25, -0.2) is 0 Å². The van der Waals surface area contributed by atoms with Crippen molar-refractivity contribution in [3.63, 3.8) is 0 Å². The van der Waals surface area contributed by atoms with Crippen LogP contribution in [0.2, 0.25) is 0 Å². The van der Waals surface area contributed by atoms with Gasteiger partial charge in [0.05, 0.1) is 6.42 Å². The lowest BCUT2D eigenvalue weighted by atomic mass is 10.1. The maximum atomic E-state index is 12.0. The molecule has 3 N–H and O–H groups in total. The van der Waals surface area contributed by atoms with Crippen LogP contribution in [0.1, 0.15) is 12.0 Å². The molecule has 0 aliphatic carbocycles. The summed E-state index contributed by atoms with van der Waals surface area (Å²) in [5.41, 5.74) is 5.51. The number of terminal acetylenes is 1. The third-order valence-corrected chi connectivity index (χ3v) is 2.52. The lowest BCUT2D eigenvalue weighted by Crippen LogP contribution is -2.44. The zero-order valence-electron chi connectivity index (χ0n) is 11.3. The molecule has 1 atom stereocenters. The van der Waals surface area contributed by atoms with E-state index in [0.29, 0.717) is 5.56 Å². The minimum atomic E-state index is -4.77. The number of carbonyl (C=O) groups is 2. The summed E-state index contributed by atoms with van der Waals surface area (Å²) in [6.07, 6.45) is 0.0923. The van der Waals surface area contributed by atoms with Crippen LogP contribution in [0.4, 0.5) is 13.2 Å². The summed E-state index contributed by atoms with van der Waals surface area (Å²) >= 11 is 0. The second-order valence-electron chi connectivity index (χ2n) is 4.30. The van der Waals surface area contributed by atoms with E-state index in [4.69, 9.17) is 12.2 Å². The van der Waals surface area contributed by atoms with Crippen LogP contribution < -0.4 is 15.8 Å². The predicted octanol–water partition coefficient (Wildman–Crippen LogP) is 1.12. The number of primary amides is 1. The van der Waals surface area contributed by atoms with E-state index < -0.39 is 24.2 Å². The molecule has 1 rings (SSSR count). The highest BCUT2D eigenvalue weighted by Gasteiger charge is 2.31. The fraction of sp³-hybridized carbons (Fsp3) is 0.286. The van der Waals surface area contributed by atoms with Crippen LogP contribution in [0.5, 0.6) is 5.75 Å². The van der Waals surface area contributed by atoms with Gasteiger partial charge in [0.1, 0.15) is 11.8 Å². The van der Waals surface area contributed by atoms with E-state index in [0.717, 1.165) is 12.1 Å². The molecule has 1 unspecified atom stereocenters. The second kappa shape index (κ2) is 7.36. The number of nitrogens with one attached hydrogen (secondary N) is 1. The van der Waals surface area contributed by atoms with Gasteiger partial charge >= 0.3 is 6.36 Å². The number of amides is 2. The van der Waals surface area contributed by atoms with Crippen molar-refractivity contribution >= 4 is 11.8 Å². The predicted molar refractivity (Wildman–Crippen MR) is 71.4 cm³/mol. The number of benzene rings is 1. The first-order valence-corrected chi connectivity index (χ1v) is 6.08. The molecule has 0 saturated heterocycles. The third-order valence-electron chi connectivity index (χ3n) is 2.52. The number of alkyl halides is 3. The molecule has 0 bridgehead atoms. The SMILES string of the molecule is C#CCC(NC(=O)Cc1ccc(OC(F)(F)F)cc1)C(N)=O. The Morgan fingerprint density at radius 1 is 1.32 bits per heavy atom. The Hall–Kier alpha value is -2.69. The van der Waals surface area contributed by atoms with Gasteiger partial charge < -0.3 is 15.8 Å². The molecule has 1 aromatic rings. The van der Waals surface area contributed by atoms with Crippen LogP contribution in [0.15, 0.2) is 24.3 Å². The molecule has 8 heteroatoms. The first-order chi connectivity index (χ1) is 10.2. The topological polar surface area (TPSA) is 81.4 Å². The number of halogens is 3. The lowest BCUT2D eigenvalue weighted by molar-refractivity contribution is -0.274. The van der Waals surface area contributed by atoms with Gasteiger partial charge in [0.15, 0.2) is 0 Å².